The lowest BCUT2D eigenvalue weighted by atomic mass is 9.83. The SMILES string of the molecule is CCCNC(CCc1cccc(Br)c1F)C(C)(C)C. The second-order valence-electron chi connectivity index (χ2n) is 6.12. The Balaban J connectivity index is 2.68. The van der Waals surface area contributed by atoms with Crippen LogP contribution in [0.5, 0.6) is 0 Å². The van der Waals surface area contributed by atoms with Crippen molar-refractivity contribution in [2.45, 2.75) is 53.0 Å². The van der Waals surface area contributed by atoms with Gasteiger partial charge in [-0.2, -0.15) is 0 Å². The Morgan fingerprint density at radius 3 is 2.58 bits per heavy atom. The molecule has 0 saturated carbocycles. The van der Waals surface area contributed by atoms with Gasteiger partial charge in [-0.3, -0.25) is 0 Å². The number of nitrogens with one attached hydrogen (secondary N) is 1. The van der Waals surface area contributed by atoms with E-state index in [1.807, 2.05) is 12.1 Å². The predicted octanol–water partition coefficient (Wildman–Crippen LogP) is 4.94. The summed E-state index contributed by atoms with van der Waals surface area (Å²) in [5.74, 6) is -0.120. The molecule has 0 aliphatic heterocycles. The molecule has 108 valence electrons. The quantitative estimate of drug-likeness (QED) is 0.779. The predicted molar refractivity (Wildman–Crippen MR) is 84.0 cm³/mol. The van der Waals surface area contributed by atoms with E-state index < -0.39 is 0 Å². The molecule has 0 spiro atoms. The lowest BCUT2D eigenvalue weighted by Gasteiger charge is -2.32. The number of halogens is 2. The smallest absolute Gasteiger partial charge is 0.140 e. The van der Waals surface area contributed by atoms with Crippen LogP contribution in [0.25, 0.3) is 0 Å². The number of hydrogen-bond donors (Lipinski definition) is 1. The maximum atomic E-state index is 13.9. The van der Waals surface area contributed by atoms with Gasteiger partial charge in [-0.05, 0) is 58.8 Å². The molecule has 0 heterocycles. The van der Waals surface area contributed by atoms with Gasteiger partial charge in [-0.15, -0.1) is 0 Å². The molecule has 1 rings (SSSR count). The van der Waals surface area contributed by atoms with Gasteiger partial charge in [0.2, 0.25) is 0 Å². The maximum absolute atomic E-state index is 13.9. The van der Waals surface area contributed by atoms with Crippen LogP contribution in [0.4, 0.5) is 4.39 Å². The van der Waals surface area contributed by atoms with Gasteiger partial charge in [0.25, 0.3) is 0 Å². The summed E-state index contributed by atoms with van der Waals surface area (Å²) in [6.45, 7) is 9.89. The van der Waals surface area contributed by atoms with E-state index in [0.717, 1.165) is 31.4 Å². The molecule has 0 amide bonds. The second-order valence-corrected chi connectivity index (χ2v) is 6.98. The van der Waals surface area contributed by atoms with Crippen LogP contribution >= 0.6 is 15.9 Å². The van der Waals surface area contributed by atoms with Crippen LogP contribution in [-0.4, -0.2) is 12.6 Å². The summed E-state index contributed by atoms with van der Waals surface area (Å²) in [7, 11) is 0. The zero-order valence-corrected chi connectivity index (χ0v) is 14.0. The summed E-state index contributed by atoms with van der Waals surface area (Å²) < 4.78 is 14.5. The van der Waals surface area contributed by atoms with E-state index >= 15 is 0 Å². The van der Waals surface area contributed by atoms with Gasteiger partial charge in [0, 0.05) is 6.04 Å². The summed E-state index contributed by atoms with van der Waals surface area (Å²) in [6, 6.07) is 5.93. The first-order valence-corrected chi connectivity index (χ1v) is 7.81. The van der Waals surface area contributed by atoms with Crippen LogP contribution in [0.1, 0.15) is 46.1 Å². The normalized spacial score (nSPS) is 13.6. The topological polar surface area (TPSA) is 12.0 Å². The van der Waals surface area contributed by atoms with Gasteiger partial charge in [0.1, 0.15) is 5.82 Å². The number of rotatable bonds is 6. The van der Waals surface area contributed by atoms with Crippen molar-refractivity contribution in [1.82, 2.24) is 5.32 Å². The molecule has 19 heavy (non-hydrogen) atoms. The lowest BCUT2D eigenvalue weighted by Crippen LogP contribution is -2.41. The fourth-order valence-corrected chi connectivity index (χ4v) is 2.61. The van der Waals surface area contributed by atoms with E-state index in [1.54, 1.807) is 6.07 Å². The van der Waals surface area contributed by atoms with Gasteiger partial charge in [-0.25, -0.2) is 4.39 Å². The van der Waals surface area contributed by atoms with Gasteiger partial charge in [0.15, 0.2) is 0 Å². The summed E-state index contributed by atoms with van der Waals surface area (Å²) in [5, 5.41) is 3.58. The number of benzene rings is 1. The van der Waals surface area contributed by atoms with Crippen molar-refractivity contribution in [3.05, 3.63) is 34.1 Å². The highest BCUT2D eigenvalue weighted by Crippen LogP contribution is 2.25. The highest BCUT2D eigenvalue weighted by molar-refractivity contribution is 9.10. The van der Waals surface area contributed by atoms with E-state index in [9.17, 15) is 4.39 Å². The minimum absolute atomic E-state index is 0.120. The first-order valence-electron chi connectivity index (χ1n) is 7.02. The monoisotopic (exact) mass is 329 g/mol. The molecule has 0 aliphatic rings. The van der Waals surface area contributed by atoms with Crippen LogP contribution in [0, 0.1) is 11.2 Å². The van der Waals surface area contributed by atoms with Crippen molar-refractivity contribution in [3.63, 3.8) is 0 Å². The van der Waals surface area contributed by atoms with Crippen molar-refractivity contribution in [2.24, 2.45) is 5.41 Å². The average Bonchev–Trinajstić information content (AvgIpc) is 2.32. The van der Waals surface area contributed by atoms with Crippen molar-refractivity contribution >= 4 is 15.9 Å². The van der Waals surface area contributed by atoms with E-state index in [0.29, 0.717) is 10.5 Å². The summed E-state index contributed by atoms with van der Waals surface area (Å²) >= 11 is 3.24. The molecular weight excluding hydrogens is 305 g/mol. The molecule has 0 radical (unpaired) electrons. The van der Waals surface area contributed by atoms with E-state index in [2.05, 4.69) is 48.9 Å². The Morgan fingerprint density at radius 1 is 1.32 bits per heavy atom. The van der Waals surface area contributed by atoms with Crippen LogP contribution in [0.2, 0.25) is 0 Å². The van der Waals surface area contributed by atoms with Gasteiger partial charge in [-0.1, -0.05) is 39.8 Å². The molecule has 3 heteroatoms. The Morgan fingerprint density at radius 2 is 2.00 bits per heavy atom. The first-order chi connectivity index (χ1) is 8.86. The Hall–Kier alpha value is -0.410. The minimum atomic E-state index is -0.120. The molecular formula is C16H25BrFN. The summed E-state index contributed by atoms with van der Waals surface area (Å²) in [5.41, 5.74) is 0.986. The Kier molecular flexibility index (Phi) is 6.48. The lowest BCUT2D eigenvalue weighted by molar-refractivity contribution is 0.254. The van der Waals surface area contributed by atoms with Gasteiger partial charge >= 0.3 is 0 Å². The molecule has 0 bridgehead atoms. The van der Waals surface area contributed by atoms with Crippen molar-refractivity contribution in [2.75, 3.05) is 6.54 Å². The number of hydrogen-bond acceptors (Lipinski definition) is 1. The number of aryl methyl sites for hydroxylation is 1. The third kappa shape index (κ3) is 5.23. The van der Waals surface area contributed by atoms with Crippen LogP contribution in [0.3, 0.4) is 0 Å². The van der Waals surface area contributed by atoms with Crippen molar-refractivity contribution in [1.29, 1.82) is 0 Å². The molecule has 1 aromatic carbocycles. The third-order valence-electron chi connectivity index (χ3n) is 3.42. The molecule has 1 nitrogen and oxygen atoms in total. The van der Waals surface area contributed by atoms with Crippen LogP contribution in [0.15, 0.2) is 22.7 Å². The first kappa shape index (κ1) is 16.6. The summed E-state index contributed by atoms with van der Waals surface area (Å²) in [4.78, 5) is 0. The van der Waals surface area contributed by atoms with E-state index in [-0.39, 0.29) is 11.2 Å². The van der Waals surface area contributed by atoms with Gasteiger partial charge < -0.3 is 5.32 Å². The van der Waals surface area contributed by atoms with Crippen molar-refractivity contribution in [3.8, 4) is 0 Å². The van der Waals surface area contributed by atoms with E-state index in [4.69, 9.17) is 0 Å². The zero-order chi connectivity index (χ0) is 14.5. The van der Waals surface area contributed by atoms with Gasteiger partial charge in [0.05, 0.1) is 4.47 Å². The molecule has 1 atom stereocenters. The van der Waals surface area contributed by atoms with Crippen LogP contribution < -0.4 is 5.32 Å². The Bertz CT molecular complexity index is 398. The largest absolute Gasteiger partial charge is 0.313 e. The molecule has 0 fully saturated rings. The molecule has 1 aromatic rings. The standard InChI is InChI=1S/C16H25BrFN/c1-5-11-19-14(16(2,3)4)10-9-12-7-6-8-13(17)15(12)18/h6-8,14,19H,5,9-11H2,1-4H3. The fraction of sp³-hybridized carbons (Fsp3) is 0.625. The van der Waals surface area contributed by atoms with E-state index in [1.165, 1.54) is 0 Å². The zero-order valence-electron chi connectivity index (χ0n) is 12.4. The second kappa shape index (κ2) is 7.39. The average molecular weight is 330 g/mol. The molecule has 0 aliphatic carbocycles. The maximum Gasteiger partial charge on any atom is 0.140 e. The third-order valence-corrected chi connectivity index (χ3v) is 4.03. The highest BCUT2D eigenvalue weighted by Gasteiger charge is 2.23. The fourth-order valence-electron chi connectivity index (χ4n) is 2.20. The molecule has 1 N–H and O–H groups in total. The molecule has 0 saturated heterocycles. The Labute approximate surface area is 125 Å². The highest BCUT2D eigenvalue weighted by atomic mass is 79.9. The molecule has 0 aromatic heterocycles. The molecule has 1 unspecified atom stereocenters. The summed E-state index contributed by atoms with van der Waals surface area (Å²) in [6.07, 6.45) is 2.85. The van der Waals surface area contributed by atoms with Crippen LogP contribution in [-0.2, 0) is 6.42 Å². The minimum Gasteiger partial charge on any atom is -0.313 e. The van der Waals surface area contributed by atoms with Crippen molar-refractivity contribution < 1.29 is 4.39 Å².